The molecule has 1 N–H and O–H groups in total. The molecule has 2 amide bonds. The highest BCUT2D eigenvalue weighted by Gasteiger charge is 2.34. The first kappa shape index (κ1) is 15.5. The maximum Gasteiger partial charge on any atom is 0.303 e. The predicted octanol–water partition coefficient (Wildman–Crippen LogP) is 1.46. The van der Waals surface area contributed by atoms with Crippen LogP contribution in [-0.4, -0.2) is 47.9 Å². The van der Waals surface area contributed by atoms with Crippen molar-refractivity contribution in [3.63, 3.8) is 0 Å². The number of piperazine rings is 1. The number of carboxylic acids is 1. The molecule has 0 radical (unpaired) electrons. The molecule has 1 aliphatic carbocycles. The zero-order valence-electron chi connectivity index (χ0n) is 13.1. The summed E-state index contributed by atoms with van der Waals surface area (Å²) in [6.45, 7) is 0.367. The highest BCUT2D eigenvalue weighted by Crippen LogP contribution is 2.44. The van der Waals surface area contributed by atoms with Gasteiger partial charge in [-0.3, -0.25) is 19.3 Å². The van der Waals surface area contributed by atoms with Crippen molar-refractivity contribution in [3.05, 3.63) is 29.8 Å². The first-order valence-electron chi connectivity index (χ1n) is 7.82. The van der Waals surface area contributed by atoms with Crippen LogP contribution in [0.1, 0.15) is 30.7 Å². The quantitative estimate of drug-likeness (QED) is 0.832. The number of carboxylic acid groups (broad SMARTS) is 1. The summed E-state index contributed by atoms with van der Waals surface area (Å²) in [5.41, 5.74) is 1.83. The molecule has 3 rings (SSSR count). The molecule has 23 heavy (non-hydrogen) atoms. The molecule has 1 aromatic rings. The highest BCUT2D eigenvalue weighted by atomic mass is 16.4. The lowest BCUT2D eigenvalue weighted by atomic mass is 9.91. The van der Waals surface area contributed by atoms with E-state index in [9.17, 15) is 14.4 Å². The van der Waals surface area contributed by atoms with Crippen LogP contribution in [0, 0.1) is 5.92 Å². The number of nitrogens with zero attached hydrogens (tertiary/aromatic N) is 2. The summed E-state index contributed by atoms with van der Waals surface area (Å²) in [4.78, 5) is 37.5. The number of anilines is 1. The lowest BCUT2D eigenvalue weighted by Crippen LogP contribution is -2.52. The van der Waals surface area contributed by atoms with E-state index in [0.29, 0.717) is 5.92 Å². The van der Waals surface area contributed by atoms with Crippen LogP contribution in [0.3, 0.4) is 0 Å². The highest BCUT2D eigenvalue weighted by molar-refractivity contribution is 6.02. The van der Waals surface area contributed by atoms with Crippen molar-refractivity contribution in [2.24, 2.45) is 5.92 Å². The van der Waals surface area contributed by atoms with Gasteiger partial charge in [-0.1, -0.05) is 12.1 Å². The number of hydrogen-bond donors (Lipinski definition) is 1. The number of imide groups is 1. The van der Waals surface area contributed by atoms with E-state index in [1.165, 1.54) is 7.05 Å². The van der Waals surface area contributed by atoms with Crippen molar-refractivity contribution in [1.82, 2.24) is 4.90 Å². The maximum atomic E-state index is 11.8. The SMILES string of the molecule is CN1C(=O)CN(c2ccc(C(CC(=O)O)C3CC3)cc2)CC1=O. The Kier molecular flexibility index (Phi) is 4.07. The predicted molar refractivity (Wildman–Crippen MR) is 84.1 cm³/mol. The van der Waals surface area contributed by atoms with E-state index >= 15 is 0 Å². The number of hydrogen-bond acceptors (Lipinski definition) is 4. The molecule has 1 saturated heterocycles. The van der Waals surface area contributed by atoms with Crippen molar-refractivity contribution in [1.29, 1.82) is 0 Å². The molecule has 6 heteroatoms. The molecule has 1 aromatic carbocycles. The summed E-state index contributed by atoms with van der Waals surface area (Å²) < 4.78 is 0. The van der Waals surface area contributed by atoms with E-state index in [2.05, 4.69) is 0 Å². The maximum absolute atomic E-state index is 11.8. The van der Waals surface area contributed by atoms with E-state index in [0.717, 1.165) is 29.0 Å². The van der Waals surface area contributed by atoms with E-state index in [1.54, 1.807) is 4.90 Å². The molecule has 1 atom stereocenters. The fourth-order valence-corrected chi connectivity index (χ4v) is 3.09. The molecule has 2 fully saturated rings. The minimum absolute atomic E-state index is 0.0531. The monoisotopic (exact) mass is 316 g/mol. The Morgan fingerprint density at radius 1 is 1.17 bits per heavy atom. The third kappa shape index (κ3) is 3.36. The summed E-state index contributed by atoms with van der Waals surface area (Å²) in [7, 11) is 1.50. The zero-order valence-corrected chi connectivity index (χ0v) is 13.1. The van der Waals surface area contributed by atoms with Crippen LogP contribution in [-0.2, 0) is 14.4 Å². The number of carbonyl (C=O) groups is 3. The average molecular weight is 316 g/mol. The van der Waals surface area contributed by atoms with Crippen molar-refractivity contribution in [3.8, 4) is 0 Å². The van der Waals surface area contributed by atoms with E-state index in [1.807, 2.05) is 24.3 Å². The number of rotatable bonds is 5. The Morgan fingerprint density at radius 2 is 1.74 bits per heavy atom. The van der Waals surface area contributed by atoms with Crippen LogP contribution in [0.15, 0.2) is 24.3 Å². The van der Waals surface area contributed by atoms with Gasteiger partial charge < -0.3 is 10.0 Å². The van der Waals surface area contributed by atoms with Gasteiger partial charge in [-0.2, -0.15) is 0 Å². The lowest BCUT2D eigenvalue weighted by molar-refractivity contribution is -0.143. The van der Waals surface area contributed by atoms with Crippen LogP contribution < -0.4 is 4.90 Å². The summed E-state index contributed by atoms with van der Waals surface area (Å²) in [6, 6.07) is 7.60. The minimum atomic E-state index is -0.777. The van der Waals surface area contributed by atoms with E-state index < -0.39 is 5.97 Å². The smallest absolute Gasteiger partial charge is 0.303 e. The lowest BCUT2D eigenvalue weighted by Gasteiger charge is -2.32. The summed E-state index contributed by atoms with van der Waals surface area (Å²) in [5, 5.41) is 9.08. The molecule has 0 spiro atoms. The van der Waals surface area contributed by atoms with Gasteiger partial charge >= 0.3 is 5.97 Å². The fourth-order valence-electron chi connectivity index (χ4n) is 3.09. The van der Waals surface area contributed by atoms with Crippen LogP contribution in [0.5, 0.6) is 0 Å². The molecule has 0 bridgehead atoms. The molecule has 1 heterocycles. The molecule has 1 unspecified atom stereocenters. The van der Waals surface area contributed by atoms with Crippen LogP contribution in [0.25, 0.3) is 0 Å². The molecular weight excluding hydrogens is 296 g/mol. The van der Waals surface area contributed by atoms with E-state index in [-0.39, 0.29) is 37.2 Å². The Labute approximate surface area is 134 Å². The van der Waals surface area contributed by atoms with Gasteiger partial charge in [0.05, 0.1) is 19.5 Å². The topological polar surface area (TPSA) is 77.9 Å². The third-order valence-corrected chi connectivity index (χ3v) is 4.67. The molecule has 1 saturated carbocycles. The Balaban J connectivity index is 1.75. The molecule has 2 aliphatic rings. The van der Waals surface area contributed by atoms with Gasteiger partial charge in [0.25, 0.3) is 0 Å². The van der Waals surface area contributed by atoms with E-state index in [4.69, 9.17) is 5.11 Å². The van der Waals surface area contributed by atoms with Gasteiger partial charge in [-0.25, -0.2) is 0 Å². The Bertz CT molecular complexity index is 618. The van der Waals surface area contributed by atoms with Crippen molar-refractivity contribution in [2.45, 2.75) is 25.2 Å². The summed E-state index contributed by atoms with van der Waals surface area (Å²) in [5.74, 6) is -0.693. The largest absolute Gasteiger partial charge is 0.481 e. The number of aliphatic carboxylic acids is 1. The van der Waals surface area contributed by atoms with Crippen LogP contribution >= 0.6 is 0 Å². The minimum Gasteiger partial charge on any atom is -0.481 e. The van der Waals surface area contributed by atoms with Crippen molar-refractivity contribution in [2.75, 3.05) is 25.0 Å². The standard InChI is InChI=1S/C17H20N2O4/c1-18-15(20)9-19(10-16(18)21)13-6-4-12(5-7-13)14(8-17(22)23)11-2-3-11/h4-7,11,14H,2-3,8-10H2,1H3,(H,22,23). The first-order valence-corrected chi connectivity index (χ1v) is 7.82. The second kappa shape index (κ2) is 6.02. The number of amides is 2. The van der Waals surface area contributed by atoms with Gasteiger partial charge in [0.2, 0.25) is 11.8 Å². The second-order valence-electron chi connectivity index (χ2n) is 6.34. The summed E-state index contributed by atoms with van der Waals surface area (Å²) in [6.07, 6.45) is 2.32. The van der Waals surface area contributed by atoms with Crippen LogP contribution in [0.2, 0.25) is 0 Å². The Morgan fingerprint density at radius 3 is 2.22 bits per heavy atom. The van der Waals surface area contributed by atoms with Gasteiger partial charge in [-0.15, -0.1) is 0 Å². The van der Waals surface area contributed by atoms with Crippen molar-refractivity contribution < 1.29 is 19.5 Å². The van der Waals surface area contributed by atoms with Gasteiger partial charge in [0.15, 0.2) is 0 Å². The van der Waals surface area contributed by atoms with Gasteiger partial charge in [0, 0.05) is 12.7 Å². The average Bonchev–Trinajstić information content (AvgIpc) is 3.34. The molecule has 1 aliphatic heterocycles. The molecule has 0 aromatic heterocycles. The second-order valence-corrected chi connectivity index (χ2v) is 6.34. The zero-order chi connectivity index (χ0) is 16.6. The molecule has 122 valence electrons. The van der Waals surface area contributed by atoms with Gasteiger partial charge in [0.1, 0.15) is 0 Å². The summed E-state index contributed by atoms with van der Waals surface area (Å²) >= 11 is 0. The molecular formula is C17H20N2O4. The fraction of sp³-hybridized carbons (Fsp3) is 0.471. The number of carbonyl (C=O) groups excluding carboxylic acids is 2. The van der Waals surface area contributed by atoms with Gasteiger partial charge in [-0.05, 0) is 42.4 Å². The third-order valence-electron chi connectivity index (χ3n) is 4.67. The van der Waals surface area contributed by atoms with Crippen LogP contribution in [0.4, 0.5) is 5.69 Å². The number of likely N-dealkylation sites (N-methyl/N-ethyl adjacent to an activating group) is 1. The number of benzene rings is 1. The Hall–Kier alpha value is -2.37. The molecule has 6 nitrogen and oxygen atoms in total. The first-order chi connectivity index (χ1) is 11.0. The normalized spacial score (nSPS) is 19.9. The van der Waals surface area contributed by atoms with Crippen molar-refractivity contribution >= 4 is 23.5 Å².